The number of carbonyl (C=O) groups is 1. The molecule has 3 rings (SSSR count). The van der Waals surface area contributed by atoms with Crippen molar-refractivity contribution in [1.82, 2.24) is 9.21 Å². The van der Waals surface area contributed by atoms with Crippen LogP contribution in [0.3, 0.4) is 0 Å². The van der Waals surface area contributed by atoms with Gasteiger partial charge in [-0.2, -0.15) is 4.31 Å². The van der Waals surface area contributed by atoms with E-state index in [1.165, 1.54) is 22.5 Å². The predicted molar refractivity (Wildman–Crippen MR) is 117 cm³/mol. The molecule has 0 unspecified atom stereocenters. The zero-order valence-corrected chi connectivity index (χ0v) is 20.0. The molecule has 2 saturated heterocycles. The maximum absolute atomic E-state index is 13.7. The molecule has 0 radical (unpaired) electrons. The van der Waals surface area contributed by atoms with Gasteiger partial charge < -0.3 is 19.1 Å². The summed E-state index contributed by atoms with van der Waals surface area (Å²) in [4.78, 5) is 15.0. The summed E-state index contributed by atoms with van der Waals surface area (Å²) in [6.07, 6.45) is 1.27. The summed E-state index contributed by atoms with van der Waals surface area (Å²) in [7, 11) is -0.923. The van der Waals surface area contributed by atoms with Gasteiger partial charge in [-0.15, -0.1) is 0 Å². The van der Waals surface area contributed by atoms with E-state index in [4.69, 9.17) is 37.4 Å². The van der Waals surface area contributed by atoms with Crippen LogP contribution in [0, 0.1) is 0 Å². The van der Waals surface area contributed by atoms with Crippen LogP contribution >= 0.6 is 23.2 Å². The van der Waals surface area contributed by atoms with Crippen molar-refractivity contribution in [3.05, 3.63) is 28.2 Å². The summed E-state index contributed by atoms with van der Waals surface area (Å²) in [5, 5.41) is 0.430. The largest absolute Gasteiger partial charge is 0.383 e. The Hall–Kier alpha value is -0.940. The van der Waals surface area contributed by atoms with Gasteiger partial charge in [0.25, 0.3) is 0 Å². The summed E-state index contributed by atoms with van der Waals surface area (Å²) in [5.74, 6) is -0.240. The Balaban J connectivity index is 2.03. The summed E-state index contributed by atoms with van der Waals surface area (Å²) >= 11 is 12.2. The average Bonchev–Trinajstić information content (AvgIpc) is 2.79. The summed E-state index contributed by atoms with van der Waals surface area (Å²) in [6.45, 7) is 1.67. The number of sulfonamides is 1. The lowest BCUT2D eigenvalue weighted by Gasteiger charge is -2.40. The molecule has 8 nitrogen and oxygen atoms in total. The quantitative estimate of drug-likeness (QED) is 0.490. The summed E-state index contributed by atoms with van der Waals surface area (Å²) < 4.78 is 45.1. The zero-order valence-electron chi connectivity index (χ0n) is 17.6. The van der Waals surface area contributed by atoms with Crippen LogP contribution in [0.1, 0.15) is 19.3 Å². The number of ether oxygens (including phenoxy) is 3. The third kappa shape index (κ3) is 5.52. The predicted octanol–water partition coefficient (Wildman–Crippen LogP) is 2.43. The molecule has 0 aromatic heterocycles. The highest BCUT2D eigenvalue weighted by Crippen LogP contribution is 2.37. The van der Waals surface area contributed by atoms with E-state index in [0.717, 1.165) is 6.42 Å². The van der Waals surface area contributed by atoms with Gasteiger partial charge in [0.2, 0.25) is 15.9 Å². The van der Waals surface area contributed by atoms with Crippen molar-refractivity contribution in [1.29, 1.82) is 0 Å². The molecule has 2 aliphatic rings. The molecule has 1 aromatic carbocycles. The van der Waals surface area contributed by atoms with E-state index in [9.17, 15) is 13.2 Å². The Labute approximate surface area is 193 Å². The van der Waals surface area contributed by atoms with E-state index in [0.29, 0.717) is 39.2 Å². The van der Waals surface area contributed by atoms with Crippen LogP contribution in [0.2, 0.25) is 10.0 Å². The fraction of sp³-hybridized carbons (Fsp3) is 0.650. The van der Waals surface area contributed by atoms with Gasteiger partial charge >= 0.3 is 0 Å². The van der Waals surface area contributed by atoms with Gasteiger partial charge in [0.15, 0.2) is 0 Å². The topological polar surface area (TPSA) is 85.4 Å². The van der Waals surface area contributed by atoms with Crippen LogP contribution in [-0.2, 0) is 29.0 Å². The van der Waals surface area contributed by atoms with Crippen molar-refractivity contribution in [2.75, 3.05) is 47.1 Å². The molecule has 2 fully saturated rings. The highest BCUT2D eigenvalue weighted by molar-refractivity contribution is 7.89. The number of rotatable bonds is 9. The highest BCUT2D eigenvalue weighted by atomic mass is 35.5. The maximum Gasteiger partial charge on any atom is 0.244 e. The van der Waals surface area contributed by atoms with Crippen molar-refractivity contribution in [2.24, 2.45) is 0 Å². The SMILES string of the molecule is COCCO[C@H]1CN(CCOC)C(=O)[C@@H]2CCC[C@H]1N2S(=O)(=O)c1cc(Cl)cc(Cl)c1. The lowest BCUT2D eigenvalue weighted by molar-refractivity contribution is -0.135. The van der Waals surface area contributed by atoms with Gasteiger partial charge in [-0.25, -0.2) is 8.42 Å². The minimum Gasteiger partial charge on any atom is -0.383 e. The number of benzene rings is 1. The first-order chi connectivity index (χ1) is 14.8. The lowest BCUT2D eigenvalue weighted by atomic mass is 9.96. The van der Waals surface area contributed by atoms with Crippen LogP contribution in [0.15, 0.2) is 23.1 Å². The molecule has 3 atom stereocenters. The van der Waals surface area contributed by atoms with Crippen LogP contribution in [0.5, 0.6) is 0 Å². The Bertz CT molecular complexity index is 864. The molecule has 0 N–H and O–H groups in total. The van der Waals surface area contributed by atoms with Gasteiger partial charge in [-0.1, -0.05) is 23.2 Å². The van der Waals surface area contributed by atoms with E-state index in [1.54, 1.807) is 19.1 Å². The van der Waals surface area contributed by atoms with E-state index in [1.807, 2.05) is 0 Å². The molecule has 0 spiro atoms. The number of nitrogens with zero attached hydrogens (tertiary/aromatic N) is 2. The summed E-state index contributed by atoms with van der Waals surface area (Å²) in [6, 6.07) is 2.89. The van der Waals surface area contributed by atoms with E-state index in [-0.39, 0.29) is 27.4 Å². The molecule has 0 aliphatic carbocycles. The first-order valence-corrected chi connectivity index (χ1v) is 12.4. The Morgan fingerprint density at radius 1 is 1.03 bits per heavy atom. The average molecular weight is 495 g/mol. The molecule has 1 aromatic rings. The molecule has 31 heavy (non-hydrogen) atoms. The number of fused-ring (bicyclic) bond motifs is 2. The number of carbonyl (C=O) groups excluding carboxylic acids is 1. The van der Waals surface area contributed by atoms with E-state index < -0.39 is 28.2 Å². The number of piperidine rings is 1. The molecule has 2 heterocycles. The van der Waals surface area contributed by atoms with E-state index >= 15 is 0 Å². The number of hydrogen-bond donors (Lipinski definition) is 0. The van der Waals surface area contributed by atoms with Gasteiger partial charge in [0, 0.05) is 37.4 Å². The molecule has 2 bridgehead atoms. The standard InChI is InChI=1S/C20H28Cl2N2O6S/c1-28-7-6-23-13-19(30-9-8-29-2)17-4-3-5-18(20(23)25)24(17)31(26,27)16-11-14(21)10-15(22)12-16/h10-12,17-19H,3-9,13H2,1-2H3/t17-,18+,19+/m1/s1. The molecule has 0 saturated carbocycles. The number of methoxy groups -OCH3 is 2. The zero-order chi connectivity index (χ0) is 22.6. The Morgan fingerprint density at radius 3 is 2.35 bits per heavy atom. The van der Waals surface area contributed by atoms with Crippen LogP contribution in [-0.4, -0.2) is 88.8 Å². The number of halogens is 2. The first-order valence-electron chi connectivity index (χ1n) is 10.2. The number of amides is 1. The van der Waals surface area contributed by atoms with Crippen molar-refractivity contribution in [2.45, 2.75) is 42.3 Å². The lowest BCUT2D eigenvalue weighted by Crippen LogP contribution is -2.56. The second kappa shape index (κ2) is 10.8. The number of hydrogen-bond acceptors (Lipinski definition) is 6. The molecular weight excluding hydrogens is 467 g/mol. The van der Waals surface area contributed by atoms with E-state index in [2.05, 4.69) is 0 Å². The van der Waals surface area contributed by atoms with Crippen molar-refractivity contribution < 1.29 is 27.4 Å². The minimum atomic E-state index is -4.06. The molecule has 1 amide bonds. The van der Waals surface area contributed by atoms with Crippen molar-refractivity contribution in [3.63, 3.8) is 0 Å². The van der Waals surface area contributed by atoms with Crippen LogP contribution < -0.4 is 0 Å². The fourth-order valence-corrected chi connectivity index (χ4v) is 6.80. The molecule has 174 valence electrons. The monoisotopic (exact) mass is 494 g/mol. The second-order valence-electron chi connectivity index (χ2n) is 7.63. The normalized spacial score (nSPS) is 25.0. The van der Waals surface area contributed by atoms with Crippen LogP contribution in [0.4, 0.5) is 0 Å². The second-order valence-corrected chi connectivity index (χ2v) is 10.3. The van der Waals surface area contributed by atoms with Gasteiger partial charge in [-0.05, 0) is 37.5 Å². The maximum atomic E-state index is 13.7. The minimum absolute atomic E-state index is 0.0318. The molecular formula is C20H28Cl2N2O6S. The first kappa shape index (κ1) is 24.7. The smallest absolute Gasteiger partial charge is 0.244 e. The Morgan fingerprint density at radius 2 is 1.71 bits per heavy atom. The van der Waals surface area contributed by atoms with Crippen molar-refractivity contribution in [3.8, 4) is 0 Å². The summed E-state index contributed by atoms with van der Waals surface area (Å²) in [5.41, 5.74) is 0. The third-order valence-corrected chi connectivity index (χ3v) is 7.98. The van der Waals surface area contributed by atoms with Gasteiger partial charge in [0.05, 0.1) is 36.9 Å². The fourth-order valence-electron chi connectivity index (χ4n) is 4.22. The highest BCUT2D eigenvalue weighted by Gasteiger charge is 2.50. The molecule has 2 aliphatic heterocycles. The Kier molecular flexibility index (Phi) is 8.59. The third-order valence-electron chi connectivity index (χ3n) is 5.63. The molecule has 11 heteroatoms. The van der Waals surface area contributed by atoms with Crippen molar-refractivity contribution >= 4 is 39.1 Å². The van der Waals surface area contributed by atoms with Gasteiger partial charge in [0.1, 0.15) is 6.04 Å². The van der Waals surface area contributed by atoms with Crippen LogP contribution in [0.25, 0.3) is 0 Å². The van der Waals surface area contributed by atoms with Gasteiger partial charge in [-0.3, -0.25) is 4.79 Å².